The lowest BCUT2D eigenvalue weighted by Crippen LogP contribution is -2.40. The lowest BCUT2D eigenvalue weighted by Gasteiger charge is -2.31. The van der Waals surface area contributed by atoms with Crippen molar-refractivity contribution < 1.29 is 71.0 Å². The minimum Gasteiger partial charge on any atom is -0.228 e. The van der Waals surface area contributed by atoms with Gasteiger partial charge in [-0.25, -0.2) is 5.11 Å². The van der Waals surface area contributed by atoms with Gasteiger partial charge in [-0.1, -0.05) is 6.92 Å². The van der Waals surface area contributed by atoms with E-state index in [4.69, 9.17) is 0 Å². The van der Waals surface area contributed by atoms with Crippen molar-refractivity contribution in [1.29, 1.82) is 0 Å². The van der Waals surface area contributed by atoms with Crippen LogP contribution in [0.3, 0.4) is 0 Å². The van der Waals surface area contributed by atoms with Crippen LogP contribution in [0, 0.1) is 0 Å². The zero-order chi connectivity index (χ0) is 25.0. The van der Waals surface area contributed by atoms with Crippen LogP contribution in [0.1, 0.15) is 41.7 Å². The maximum Gasteiger partial charge on any atom is 0.458 e. The summed E-state index contributed by atoms with van der Waals surface area (Å²) in [5, 5.41) is 11.8. The minimum absolute atomic E-state index is 0.654. The summed E-state index contributed by atoms with van der Waals surface area (Å²) in [5.41, 5.74) is -12.0. The Morgan fingerprint density at radius 1 is 0.613 bits per heavy atom. The first kappa shape index (κ1) is 27.2. The second-order valence-electron chi connectivity index (χ2n) is 6.10. The number of rotatable bonds is 5. The summed E-state index contributed by atoms with van der Waals surface area (Å²) in [4.78, 5) is 0. The van der Waals surface area contributed by atoms with Crippen molar-refractivity contribution in [2.24, 2.45) is 0 Å². The zero-order valence-electron chi connectivity index (χ0n) is 14.5. The summed E-state index contributed by atoms with van der Waals surface area (Å²) in [6, 6.07) is -2.49. The molecule has 1 rings (SSSR count). The van der Waals surface area contributed by atoms with Gasteiger partial charge in [0.1, 0.15) is 6.10 Å². The molecule has 1 nitrogen and oxygen atoms in total. The van der Waals surface area contributed by atoms with E-state index >= 15 is 0 Å². The third-order valence-electron chi connectivity index (χ3n) is 3.98. The van der Waals surface area contributed by atoms with E-state index < -0.39 is 83.2 Å². The lowest BCUT2D eigenvalue weighted by atomic mass is 9.85. The van der Waals surface area contributed by atoms with Crippen LogP contribution >= 0.6 is 0 Å². The number of halogens is 15. The molecule has 1 unspecified atom stereocenters. The normalized spacial score (nSPS) is 15.9. The topological polar surface area (TPSA) is 19.9 Å². The Morgan fingerprint density at radius 3 is 1.13 bits per heavy atom. The molecular formula is C15H8F15O. The fraction of sp³-hybridized carbons (Fsp3) is 0.600. The third-order valence-corrected chi connectivity index (χ3v) is 3.98. The fourth-order valence-electron chi connectivity index (χ4n) is 2.37. The predicted octanol–water partition coefficient (Wildman–Crippen LogP) is 7.53. The first-order valence-electron chi connectivity index (χ1n) is 7.63. The van der Waals surface area contributed by atoms with Crippen LogP contribution in [0.5, 0.6) is 0 Å². The molecule has 0 aliphatic rings. The van der Waals surface area contributed by atoms with Crippen molar-refractivity contribution in [2.75, 3.05) is 0 Å². The van der Waals surface area contributed by atoms with Gasteiger partial charge in [-0.15, -0.1) is 0 Å². The molecule has 0 aliphatic heterocycles. The molecule has 0 saturated carbocycles. The third kappa shape index (κ3) is 4.53. The van der Waals surface area contributed by atoms with Crippen molar-refractivity contribution in [2.45, 2.75) is 55.7 Å². The Balaban J connectivity index is 4.31. The lowest BCUT2D eigenvalue weighted by molar-refractivity contribution is -0.296. The highest BCUT2D eigenvalue weighted by Gasteiger charge is 2.66. The number of hydrogen-bond acceptors (Lipinski definition) is 0. The summed E-state index contributed by atoms with van der Waals surface area (Å²) in [6.45, 7) is 0.654. The zero-order valence-corrected chi connectivity index (χ0v) is 14.5. The summed E-state index contributed by atoms with van der Waals surface area (Å²) >= 11 is 0. The smallest absolute Gasteiger partial charge is 0.228 e. The van der Waals surface area contributed by atoms with E-state index in [1.54, 1.807) is 0 Å². The molecule has 1 atom stereocenters. The van der Waals surface area contributed by atoms with Crippen molar-refractivity contribution in [3.8, 4) is 0 Å². The average molecular weight is 489 g/mol. The standard InChI is InChI=1S/C15H8F15O/c1-2-8(31)9-6(11(18,19)14(25,26)27)3-5(10(16,17)13(22,23)24)4-7(9)12(20,21)15(28,29)30/h3-4,8H,2H2,1H3. The van der Waals surface area contributed by atoms with Gasteiger partial charge in [-0.05, 0) is 18.6 Å². The summed E-state index contributed by atoms with van der Waals surface area (Å²) in [5.74, 6) is -19.5. The summed E-state index contributed by atoms with van der Waals surface area (Å²) in [7, 11) is 0. The Labute approximate surface area is 162 Å². The fourth-order valence-corrected chi connectivity index (χ4v) is 2.37. The van der Waals surface area contributed by atoms with Crippen LogP contribution in [0.25, 0.3) is 0 Å². The quantitative estimate of drug-likeness (QED) is 0.381. The second kappa shape index (κ2) is 7.62. The van der Waals surface area contributed by atoms with Gasteiger partial charge in [0, 0.05) is 22.3 Å². The van der Waals surface area contributed by atoms with E-state index in [1.807, 2.05) is 0 Å². The molecule has 179 valence electrons. The van der Waals surface area contributed by atoms with Gasteiger partial charge in [0.05, 0.1) is 0 Å². The maximum atomic E-state index is 13.8. The number of alkyl halides is 15. The SMILES string of the molecule is CCC([O])c1c(C(F)(F)C(F)(F)F)cc(C(F)(F)C(F)(F)F)cc1C(F)(F)C(F)(F)F. The molecule has 31 heavy (non-hydrogen) atoms. The monoisotopic (exact) mass is 489 g/mol. The van der Waals surface area contributed by atoms with Gasteiger partial charge in [-0.3, -0.25) is 0 Å². The van der Waals surface area contributed by atoms with E-state index in [9.17, 15) is 71.0 Å². The molecule has 0 aliphatic carbocycles. The minimum atomic E-state index is -6.86. The Bertz CT molecular complexity index is 753. The first-order valence-corrected chi connectivity index (χ1v) is 7.63. The molecule has 0 N–H and O–H groups in total. The highest BCUT2D eigenvalue weighted by molar-refractivity contribution is 5.48. The highest BCUT2D eigenvalue weighted by Crippen LogP contribution is 2.55. The average Bonchev–Trinajstić information content (AvgIpc) is 2.56. The van der Waals surface area contributed by atoms with Crippen LogP contribution in [0.4, 0.5) is 65.9 Å². The van der Waals surface area contributed by atoms with Crippen LogP contribution in [-0.2, 0) is 22.9 Å². The molecule has 0 amide bonds. The van der Waals surface area contributed by atoms with Gasteiger partial charge >= 0.3 is 36.3 Å². The van der Waals surface area contributed by atoms with Gasteiger partial charge in [-0.2, -0.15) is 65.9 Å². The molecule has 1 aromatic rings. The predicted molar refractivity (Wildman–Crippen MR) is 70.0 cm³/mol. The number of benzene rings is 1. The van der Waals surface area contributed by atoms with Crippen molar-refractivity contribution in [1.82, 2.24) is 0 Å². The van der Waals surface area contributed by atoms with E-state index in [0.717, 1.165) is 0 Å². The second-order valence-corrected chi connectivity index (χ2v) is 6.10. The Hall–Kier alpha value is -1.87. The molecular weight excluding hydrogens is 481 g/mol. The van der Waals surface area contributed by atoms with Crippen molar-refractivity contribution >= 4 is 0 Å². The summed E-state index contributed by atoms with van der Waals surface area (Å²) < 4.78 is 196. The first-order chi connectivity index (χ1) is 13.4. The maximum absolute atomic E-state index is 13.8. The van der Waals surface area contributed by atoms with E-state index in [-0.39, 0.29) is 0 Å². The molecule has 1 aromatic carbocycles. The largest absolute Gasteiger partial charge is 0.458 e. The molecule has 0 saturated heterocycles. The Kier molecular flexibility index (Phi) is 6.68. The van der Waals surface area contributed by atoms with E-state index in [1.165, 1.54) is 0 Å². The molecule has 0 aromatic heterocycles. The molecule has 16 heteroatoms. The van der Waals surface area contributed by atoms with Gasteiger partial charge < -0.3 is 0 Å². The number of hydrogen-bond donors (Lipinski definition) is 0. The van der Waals surface area contributed by atoms with Gasteiger partial charge in [0.25, 0.3) is 0 Å². The van der Waals surface area contributed by atoms with Crippen LogP contribution < -0.4 is 0 Å². The molecule has 0 fully saturated rings. The van der Waals surface area contributed by atoms with Crippen LogP contribution in [-0.4, -0.2) is 18.5 Å². The van der Waals surface area contributed by atoms with Gasteiger partial charge in [0.15, 0.2) is 0 Å². The summed E-state index contributed by atoms with van der Waals surface area (Å²) in [6.07, 6.45) is -24.9. The van der Waals surface area contributed by atoms with E-state index in [0.29, 0.717) is 6.92 Å². The van der Waals surface area contributed by atoms with Crippen molar-refractivity contribution in [3.05, 3.63) is 34.4 Å². The van der Waals surface area contributed by atoms with Crippen molar-refractivity contribution in [3.63, 3.8) is 0 Å². The Morgan fingerprint density at radius 2 is 0.903 bits per heavy atom. The molecule has 0 bridgehead atoms. The molecule has 0 heterocycles. The van der Waals surface area contributed by atoms with E-state index in [2.05, 4.69) is 0 Å². The molecule has 0 spiro atoms. The highest BCUT2D eigenvalue weighted by atomic mass is 19.4. The van der Waals surface area contributed by atoms with Gasteiger partial charge in [0.2, 0.25) is 0 Å². The van der Waals surface area contributed by atoms with Crippen LogP contribution in [0.15, 0.2) is 12.1 Å². The van der Waals surface area contributed by atoms with Crippen LogP contribution in [0.2, 0.25) is 0 Å². The molecule has 1 radical (unpaired) electrons.